The van der Waals surface area contributed by atoms with Crippen molar-refractivity contribution in [1.82, 2.24) is 9.80 Å². The van der Waals surface area contributed by atoms with Gasteiger partial charge in [-0.3, -0.25) is 4.79 Å². The van der Waals surface area contributed by atoms with Crippen LogP contribution >= 0.6 is 0 Å². The maximum absolute atomic E-state index is 12.4. The molecule has 2 rings (SSSR count). The standard InChI is InChI=1S/C15H20N2O3/c1-11-13(14(18)19)8-9-17(11)15(20)16(2)10-12-6-4-3-5-7-12/h3-7,11,13H,8-10H2,1-2H3,(H,18,19). The molecule has 5 heteroatoms. The molecule has 1 fully saturated rings. The molecular formula is C15H20N2O3. The molecule has 1 aromatic rings. The normalized spacial score (nSPS) is 21.8. The minimum atomic E-state index is -0.821. The van der Waals surface area contributed by atoms with Crippen molar-refractivity contribution in [2.24, 2.45) is 5.92 Å². The zero-order valence-corrected chi connectivity index (χ0v) is 11.8. The first-order valence-corrected chi connectivity index (χ1v) is 6.79. The molecule has 5 nitrogen and oxygen atoms in total. The Morgan fingerprint density at radius 3 is 2.55 bits per heavy atom. The number of rotatable bonds is 3. The topological polar surface area (TPSA) is 60.9 Å². The Morgan fingerprint density at radius 1 is 1.35 bits per heavy atom. The molecule has 0 aromatic heterocycles. The second-order valence-electron chi connectivity index (χ2n) is 5.29. The van der Waals surface area contributed by atoms with Crippen LogP contribution in [0.4, 0.5) is 4.79 Å². The van der Waals surface area contributed by atoms with Crippen LogP contribution in [0.15, 0.2) is 30.3 Å². The Kier molecular flexibility index (Phi) is 4.27. The quantitative estimate of drug-likeness (QED) is 0.919. The van der Waals surface area contributed by atoms with Gasteiger partial charge in [-0.25, -0.2) is 4.79 Å². The SMILES string of the molecule is CC1C(C(=O)O)CCN1C(=O)N(C)Cc1ccccc1. The van der Waals surface area contributed by atoms with Gasteiger partial charge >= 0.3 is 12.0 Å². The third-order valence-electron chi connectivity index (χ3n) is 3.91. The maximum Gasteiger partial charge on any atom is 0.320 e. The number of amides is 2. The highest BCUT2D eigenvalue weighted by Crippen LogP contribution is 2.25. The lowest BCUT2D eigenvalue weighted by Crippen LogP contribution is -2.44. The fourth-order valence-corrected chi connectivity index (χ4v) is 2.68. The molecule has 2 atom stereocenters. The highest BCUT2D eigenvalue weighted by molar-refractivity contribution is 5.78. The number of carboxylic acid groups (broad SMARTS) is 1. The van der Waals surface area contributed by atoms with Crippen LogP contribution in [0, 0.1) is 5.92 Å². The van der Waals surface area contributed by atoms with Gasteiger partial charge in [0, 0.05) is 26.2 Å². The van der Waals surface area contributed by atoms with Crippen LogP contribution < -0.4 is 0 Å². The van der Waals surface area contributed by atoms with Gasteiger partial charge in [0.1, 0.15) is 0 Å². The maximum atomic E-state index is 12.4. The molecule has 0 saturated carbocycles. The second-order valence-corrected chi connectivity index (χ2v) is 5.29. The Morgan fingerprint density at radius 2 is 2.00 bits per heavy atom. The summed E-state index contributed by atoms with van der Waals surface area (Å²) in [6.45, 7) is 2.84. The molecule has 1 saturated heterocycles. The van der Waals surface area contributed by atoms with Crippen LogP contribution in [0.25, 0.3) is 0 Å². The Labute approximate surface area is 118 Å². The van der Waals surface area contributed by atoms with E-state index < -0.39 is 11.9 Å². The van der Waals surface area contributed by atoms with E-state index in [4.69, 9.17) is 5.11 Å². The molecular weight excluding hydrogens is 256 g/mol. The van der Waals surface area contributed by atoms with Crippen LogP contribution in [0.1, 0.15) is 18.9 Å². The van der Waals surface area contributed by atoms with Crippen molar-refractivity contribution in [3.05, 3.63) is 35.9 Å². The summed E-state index contributed by atoms with van der Waals surface area (Å²) in [6, 6.07) is 9.39. The number of carbonyl (C=O) groups excluding carboxylic acids is 1. The average molecular weight is 276 g/mol. The van der Waals surface area contributed by atoms with E-state index in [9.17, 15) is 9.59 Å². The Balaban J connectivity index is 1.99. The van der Waals surface area contributed by atoms with Crippen LogP contribution in [0.2, 0.25) is 0 Å². The summed E-state index contributed by atoms with van der Waals surface area (Å²) in [4.78, 5) is 26.8. The predicted molar refractivity (Wildman–Crippen MR) is 75.2 cm³/mol. The first-order valence-electron chi connectivity index (χ1n) is 6.79. The molecule has 2 unspecified atom stereocenters. The molecule has 108 valence electrons. The summed E-state index contributed by atoms with van der Waals surface area (Å²) in [5, 5.41) is 9.11. The minimum absolute atomic E-state index is 0.106. The third-order valence-corrected chi connectivity index (χ3v) is 3.91. The summed E-state index contributed by atoms with van der Waals surface area (Å²) >= 11 is 0. The van der Waals surface area contributed by atoms with E-state index in [1.165, 1.54) is 0 Å². The van der Waals surface area contributed by atoms with E-state index in [0.29, 0.717) is 19.5 Å². The summed E-state index contributed by atoms with van der Waals surface area (Å²) in [7, 11) is 1.75. The average Bonchev–Trinajstić information content (AvgIpc) is 2.81. The smallest absolute Gasteiger partial charge is 0.320 e. The van der Waals surface area contributed by atoms with E-state index in [-0.39, 0.29) is 12.1 Å². The fraction of sp³-hybridized carbons (Fsp3) is 0.467. The number of carbonyl (C=O) groups is 2. The number of hydrogen-bond donors (Lipinski definition) is 1. The van der Waals surface area contributed by atoms with Crippen LogP contribution in [0.5, 0.6) is 0 Å². The molecule has 0 radical (unpaired) electrons. The lowest BCUT2D eigenvalue weighted by molar-refractivity contribution is -0.142. The van der Waals surface area contributed by atoms with Crippen molar-refractivity contribution < 1.29 is 14.7 Å². The zero-order valence-electron chi connectivity index (χ0n) is 11.8. The fourth-order valence-electron chi connectivity index (χ4n) is 2.68. The Bertz CT molecular complexity index is 489. The first-order chi connectivity index (χ1) is 9.50. The summed E-state index contributed by atoms with van der Waals surface area (Å²) in [5.41, 5.74) is 1.06. The number of aliphatic carboxylic acids is 1. The summed E-state index contributed by atoms with van der Waals surface area (Å²) in [6.07, 6.45) is 0.529. The van der Waals surface area contributed by atoms with E-state index in [1.54, 1.807) is 23.8 Å². The van der Waals surface area contributed by atoms with Crippen molar-refractivity contribution in [2.45, 2.75) is 25.9 Å². The predicted octanol–water partition coefficient (Wildman–Crippen LogP) is 2.03. The van der Waals surface area contributed by atoms with Crippen LogP contribution in [-0.4, -0.2) is 46.5 Å². The highest BCUT2D eigenvalue weighted by Gasteiger charge is 2.38. The number of hydrogen-bond acceptors (Lipinski definition) is 2. The number of likely N-dealkylation sites (tertiary alicyclic amines) is 1. The molecule has 1 N–H and O–H groups in total. The third kappa shape index (κ3) is 2.92. The van der Waals surface area contributed by atoms with Crippen molar-refractivity contribution in [1.29, 1.82) is 0 Å². The largest absolute Gasteiger partial charge is 0.481 e. The van der Waals surface area contributed by atoms with Gasteiger partial charge < -0.3 is 14.9 Å². The molecule has 1 aliphatic heterocycles. The molecule has 0 bridgehead atoms. The molecule has 0 aliphatic carbocycles. The van der Waals surface area contributed by atoms with Crippen LogP contribution in [0.3, 0.4) is 0 Å². The monoisotopic (exact) mass is 276 g/mol. The molecule has 1 heterocycles. The summed E-state index contributed by atoms with van der Waals surface area (Å²) < 4.78 is 0. The van der Waals surface area contributed by atoms with Crippen molar-refractivity contribution in [3.63, 3.8) is 0 Å². The minimum Gasteiger partial charge on any atom is -0.481 e. The van der Waals surface area contributed by atoms with Gasteiger partial charge in [-0.1, -0.05) is 30.3 Å². The molecule has 20 heavy (non-hydrogen) atoms. The summed E-state index contributed by atoms with van der Waals surface area (Å²) in [5.74, 6) is -1.28. The van der Waals surface area contributed by atoms with Gasteiger partial charge in [-0.05, 0) is 18.9 Å². The lowest BCUT2D eigenvalue weighted by atomic mass is 10.0. The zero-order chi connectivity index (χ0) is 14.7. The van der Waals surface area contributed by atoms with E-state index >= 15 is 0 Å². The van der Waals surface area contributed by atoms with E-state index in [0.717, 1.165) is 5.56 Å². The van der Waals surface area contributed by atoms with E-state index in [2.05, 4.69) is 0 Å². The van der Waals surface area contributed by atoms with Gasteiger partial charge in [-0.15, -0.1) is 0 Å². The molecule has 2 amide bonds. The van der Waals surface area contributed by atoms with Crippen LogP contribution in [-0.2, 0) is 11.3 Å². The Hall–Kier alpha value is -2.04. The number of carboxylic acids is 1. The van der Waals surface area contributed by atoms with Gasteiger partial charge in [0.15, 0.2) is 0 Å². The van der Waals surface area contributed by atoms with E-state index in [1.807, 2.05) is 30.3 Å². The number of nitrogens with zero attached hydrogens (tertiary/aromatic N) is 2. The second kappa shape index (κ2) is 5.94. The highest BCUT2D eigenvalue weighted by atomic mass is 16.4. The molecule has 1 aliphatic rings. The van der Waals surface area contributed by atoms with Crippen molar-refractivity contribution in [2.75, 3.05) is 13.6 Å². The van der Waals surface area contributed by atoms with Gasteiger partial charge in [0.25, 0.3) is 0 Å². The first kappa shape index (κ1) is 14.4. The van der Waals surface area contributed by atoms with Gasteiger partial charge in [0.05, 0.1) is 5.92 Å². The lowest BCUT2D eigenvalue weighted by Gasteiger charge is -2.28. The number of urea groups is 1. The van der Waals surface area contributed by atoms with Gasteiger partial charge in [-0.2, -0.15) is 0 Å². The van der Waals surface area contributed by atoms with Crippen molar-refractivity contribution >= 4 is 12.0 Å². The van der Waals surface area contributed by atoms with Gasteiger partial charge in [0.2, 0.25) is 0 Å². The molecule has 0 spiro atoms. The van der Waals surface area contributed by atoms with Crippen molar-refractivity contribution in [3.8, 4) is 0 Å². The molecule has 1 aromatic carbocycles. The number of benzene rings is 1.